The fraction of sp³-hybridized carbons (Fsp3) is 0.417. The maximum absolute atomic E-state index is 11.2. The van der Waals surface area contributed by atoms with Crippen LogP contribution in [0.15, 0.2) is 16.5 Å². The summed E-state index contributed by atoms with van der Waals surface area (Å²) in [7, 11) is 1.25. The second-order valence-corrected chi connectivity index (χ2v) is 3.74. The zero-order valence-electron chi connectivity index (χ0n) is 9.98. The van der Waals surface area contributed by atoms with Gasteiger partial charge < -0.3 is 9.15 Å². The summed E-state index contributed by atoms with van der Waals surface area (Å²) in [5, 5.41) is 0. The molecule has 0 atom stereocenters. The number of Topliss-reactive ketones (excluding diaryl/α,β-unsaturated/α-hetero) is 2. The molecular weight excluding hydrogens is 224 g/mol. The molecule has 0 aliphatic rings. The predicted molar refractivity (Wildman–Crippen MR) is 58.6 cm³/mol. The van der Waals surface area contributed by atoms with Crippen molar-refractivity contribution in [2.45, 2.75) is 20.3 Å². The lowest BCUT2D eigenvalue weighted by Crippen LogP contribution is -2.21. The molecule has 5 heteroatoms. The summed E-state index contributed by atoms with van der Waals surface area (Å²) in [4.78, 5) is 33.6. The van der Waals surface area contributed by atoms with Crippen molar-refractivity contribution in [1.82, 2.24) is 0 Å². The Labute approximate surface area is 98.7 Å². The van der Waals surface area contributed by atoms with E-state index in [1.807, 2.05) is 0 Å². The van der Waals surface area contributed by atoms with Crippen molar-refractivity contribution in [3.05, 3.63) is 23.7 Å². The van der Waals surface area contributed by atoms with Gasteiger partial charge in [-0.25, -0.2) is 4.79 Å². The van der Waals surface area contributed by atoms with Gasteiger partial charge in [-0.05, 0) is 26.0 Å². The van der Waals surface area contributed by atoms with Crippen molar-refractivity contribution < 1.29 is 23.5 Å². The van der Waals surface area contributed by atoms with Crippen LogP contribution < -0.4 is 0 Å². The Hall–Kier alpha value is -1.91. The molecule has 1 aromatic rings. The highest BCUT2D eigenvalue weighted by Gasteiger charge is 2.22. The van der Waals surface area contributed by atoms with Crippen LogP contribution in [0.25, 0.3) is 0 Å². The maximum Gasteiger partial charge on any atom is 0.373 e. The summed E-state index contributed by atoms with van der Waals surface area (Å²) in [6.07, 6.45) is 0.168. The van der Waals surface area contributed by atoms with Gasteiger partial charge >= 0.3 is 5.97 Å². The van der Waals surface area contributed by atoms with Crippen LogP contribution in [-0.2, 0) is 20.7 Å². The molecule has 1 heterocycles. The number of hydrogen-bond donors (Lipinski definition) is 0. The van der Waals surface area contributed by atoms with Crippen LogP contribution in [0.3, 0.4) is 0 Å². The van der Waals surface area contributed by atoms with Gasteiger partial charge in [-0.2, -0.15) is 0 Å². The van der Waals surface area contributed by atoms with E-state index in [9.17, 15) is 14.4 Å². The minimum atomic E-state index is -0.716. The second kappa shape index (κ2) is 5.43. The Morgan fingerprint density at radius 2 is 1.82 bits per heavy atom. The molecule has 1 aromatic heterocycles. The highest BCUT2D eigenvalue weighted by Crippen LogP contribution is 2.15. The predicted octanol–water partition coefficient (Wildman–Crippen LogP) is 1.40. The molecule has 0 bridgehead atoms. The number of rotatable bonds is 5. The van der Waals surface area contributed by atoms with Crippen LogP contribution in [0.4, 0.5) is 0 Å². The number of furan rings is 1. The third-order valence-electron chi connectivity index (χ3n) is 2.43. The largest absolute Gasteiger partial charge is 0.463 e. The van der Waals surface area contributed by atoms with Gasteiger partial charge in [0.1, 0.15) is 17.3 Å². The first kappa shape index (κ1) is 13.2. The number of ketones is 2. The Morgan fingerprint density at radius 1 is 1.24 bits per heavy atom. The number of ether oxygens (including phenoxy) is 1. The Morgan fingerprint density at radius 3 is 2.29 bits per heavy atom. The topological polar surface area (TPSA) is 73.6 Å². The van der Waals surface area contributed by atoms with E-state index in [2.05, 4.69) is 4.74 Å². The minimum absolute atomic E-state index is 0.0633. The number of hydrogen-bond acceptors (Lipinski definition) is 5. The molecule has 0 amide bonds. The average molecular weight is 238 g/mol. The van der Waals surface area contributed by atoms with Crippen molar-refractivity contribution in [2.24, 2.45) is 5.92 Å². The van der Waals surface area contributed by atoms with Crippen LogP contribution in [0.1, 0.15) is 30.2 Å². The first-order valence-corrected chi connectivity index (χ1v) is 5.13. The molecule has 0 saturated heterocycles. The lowest BCUT2D eigenvalue weighted by atomic mass is 9.96. The van der Waals surface area contributed by atoms with E-state index in [1.54, 1.807) is 6.07 Å². The number of carbonyl (C=O) groups excluding carboxylic acids is 3. The van der Waals surface area contributed by atoms with E-state index in [0.717, 1.165) is 0 Å². The molecule has 0 aliphatic carbocycles. The molecule has 92 valence electrons. The highest BCUT2D eigenvalue weighted by atomic mass is 16.5. The number of carbonyl (C=O) groups is 3. The molecular formula is C12H14O5. The lowest BCUT2D eigenvalue weighted by molar-refractivity contribution is -0.130. The Balaban J connectivity index is 2.81. The summed E-state index contributed by atoms with van der Waals surface area (Å²) in [5.41, 5.74) is 0. The quantitative estimate of drug-likeness (QED) is 0.572. The van der Waals surface area contributed by atoms with Crippen LogP contribution in [0.5, 0.6) is 0 Å². The molecule has 0 aliphatic heterocycles. The van der Waals surface area contributed by atoms with Crippen LogP contribution in [0, 0.1) is 5.92 Å². The molecule has 0 aromatic carbocycles. The fourth-order valence-electron chi connectivity index (χ4n) is 1.47. The van der Waals surface area contributed by atoms with E-state index in [1.165, 1.54) is 27.0 Å². The summed E-state index contributed by atoms with van der Waals surface area (Å²) < 4.78 is 9.67. The van der Waals surface area contributed by atoms with E-state index in [4.69, 9.17) is 4.42 Å². The van der Waals surface area contributed by atoms with Gasteiger partial charge in [0.05, 0.1) is 13.0 Å². The first-order valence-electron chi connectivity index (χ1n) is 5.13. The second-order valence-electron chi connectivity index (χ2n) is 3.74. The average Bonchev–Trinajstić information content (AvgIpc) is 2.72. The minimum Gasteiger partial charge on any atom is -0.463 e. The van der Waals surface area contributed by atoms with Gasteiger partial charge in [-0.15, -0.1) is 0 Å². The lowest BCUT2D eigenvalue weighted by Gasteiger charge is -2.07. The highest BCUT2D eigenvalue weighted by molar-refractivity contribution is 6.00. The van der Waals surface area contributed by atoms with Gasteiger partial charge in [0, 0.05) is 6.42 Å². The summed E-state index contributed by atoms with van der Waals surface area (Å²) >= 11 is 0. The van der Waals surface area contributed by atoms with Crippen molar-refractivity contribution in [1.29, 1.82) is 0 Å². The molecule has 0 unspecified atom stereocenters. The molecule has 0 radical (unpaired) electrons. The van der Waals surface area contributed by atoms with Crippen molar-refractivity contribution in [3.8, 4) is 0 Å². The van der Waals surface area contributed by atoms with Crippen LogP contribution in [0.2, 0.25) is 0 Å². The molecule has 0 N–H and O–H groups in total. The van der Waals surface area contributed by atoms with Gasteiger partial charge in [0.2, 0.25) is 5.76 Å². The first-order chi connectivity index (χ1) is 7.95. The van der Waals surface area contributed by atoms with E-state index < -0.39 is 11.9 Å². The van der Waals surface area contributed by atoms with Gasteiger partial charge in [-0.1, -0.05) is 0 Å². The third-order valence-corrected chi connectivity index (χ3v) is 2.43. The van der Waals surface area contributed by atoms with E-state index in [0.29, 0.717) is 5.76 Å². The van der Waals surface area contributed by atoms with Crippen LogP contribution in [-0.4, -0.2) is 24.6 Å². The SMILES string of the molecule is COC(=O)c1ccc(CC(C(C)=O)C(C)=O)o1. The molecule has 17 heavy (non-hydrogen) atoms. The monoisotopic (exact) mass is 238 g/mol. The number of esters is 1. The standard InChI is InChI=1S/C12H14O5/c1-7(13)10(8(2)14)6-9-4-5-11(17-9)12(15)16-3/h4-5,10H,6H2,1-3H3. The third kappa shape index (κ3) is 3.27. The normalized spacial score (nSPS) is 10.4. The van der Waals surface area contributed by atoms with Gasteiger partial charge in [0.15, 0.2) is 0 Å². The van der Waals surface area contributed by atoms with Crippen molar-refractivity contribution >= 4 is 17.5 Å². The molecule has 0 fully saturated rings. The maximum atomic E-state index is 11.2. The molecule has 0 spiro atoms. The van der Waals surface area contributed by atoms with Gasteiger partial charge in [-0.3, -0.25) is 9.59 Å². The number of methoxy groups -OCH3 is 1. The van der Waals surface area contributed by atoms with Gasteiger partial charge in [0.25, 0.3) is 0 Å². The molecule has 0 saturated carbocycles. The van der Waals surface area contributed by atoms with Crippen molar-refractivity contribution in [2.75, 3.05) is 7.11 Å². The zero-order valence-corrected chi connectivity index (χ0v) is 9.98. The summed E-state index contributed by atoms with van der Waals surface area (Å²) in [6.45, 7) is 2.71. The zero-order chi connectivity index (χ0) is 13.0. The van der Waals surface area contributed by atoms with Crippen LogP contribution >= 0.6 is 0 Å². The van der Waals surface area contributed by atoms with E-state index in [-0.39, 0.29) is 23.7 Å². The van der Waals surface area contributed by atoms with Crippen molar-refractivity contribution in [3.63, 3.8) is 0 Å². The molecule has 1 rings (SSSR count). The van der Waals surface area contributed by atoms with E-state index >= 15 is 0 Å². The fourth-order valence-corrected chi connectivity index (χ4v) is 1.47. The Bertz CT molecular complexity index is 430. The molecule has 5 nitrogen and oxygen atoms in total. The smallest absolute Gasteiger partial charge is 0.373 e. The Kier molecular flexibility index (Phi) is 4.20. The summed E-state index contributed by atoms with van der Waals surface area (Å²) in [5.74, 6) is -1.25. The summed E-state index contributed by atoms with van der Waals surface area (Å²) in [6, 6.07) is 3.02.